The Balaban J connectivity index is 1.72. The number of carbonyl (C=O) groups is 1. The van der Waals surface area contributed by atoms with Crippen molar-refractivity contribution in [1.29, 1.82) is 0 Å². The van der Waals surface area contributed by atoms with Gasteiger partial charge in [0.15, 0.2) is 23.0 Å². The predicted octanol–water partition coefficient (Wildman–Crippen LogP) is 5.18. The number of rotatable bonds is 7. The molecule has 0 N–H and O–H groups in total. The molecule has 0 unspecified atom stereocenters. The van der Waals surface area contributed by atoms with Crippen LogP contribution in [0.5, 0.6) is 23.0 Å². The van der Waals surface area contributed by atoms with Crippen molar-refractivity contribution < 1.29 is 23.7 Å². The lowest BCUT2D eigenvalue weighted by Gasteiger charge is -2.37. The molecule has 0 spiro atoms. The third-order valence-corrected chi connectivity index (χ3v) is 6.04. The Kier molecular flexibility index (Phi) is 6.94. The molecule has 3 aromatic rings. The van der Waals surface area contributed by atoms with Crippen molar-refractivity contribution in [2.24, 2.45) is 0 Å². The average Bonchev–Trinajstić information content (AvgIpc) is 2.85. The van der Waals surface area contributed by atoms with E-state index in [0.717, 1.165) is 11.1 Å². The highest BCUT2D eigenvalue weighted by atomic mass is 35.5. The minimum Gasteiger partial charge on any atom is -0.493 e. The van der Waals surface area contributed by atoms with Crippen molar-refractivity contribution >= 4 is 17.5 Å². The number of halogens is 1. The van der Waals surface area contributed by atoms with E-state index in [9.17, 15) is 4.79 Å². The van der Waals surface area contributed by atoms with Crippen LogP contribution >= 0.6 is 11.6 Å². The van der Waals surface area contributed by atoms with Crippen molar-refractivity contribution in [3.05, 3.63) is 82.4 Å². The molecule has 7 heteroatoms. The van der Waals surface area contributed by atoms with Gasteiger partial charge in [-0.15, -0.1) is 0 Å². The fourth-order valence-electron chi connectivity index (χ4n) is 4.15. The Morgan fingerprint density at radius 2 is 1.61 bits per heavy atom. The number of amides is 1. The Morgan fingerprint density at radius 1 is 0.909 bits per heavy atom. The number of hydrogen-bond donors (Lipinski definition) is 0. The third-order valence-electron chi connectivity index (χ3n) is 5.80. The highest BCUT2D eigenvalue weighted by Gasteiger charge is 2.33. The molecule has 0 saturated carbocycles. The summed E-state index contributed by atoms with van der Waals surface area (Å²) in [4.78, 5) is 15.3. The average molecular weight is 468 g/mol. The summed E-state index contributed by atoms with van der Waals surface area (Å²) in [5, 5.41) is 0.520. The molecule has 0 radical (unpaired) electrons. The SMILES string of the molecule is COc1cc2c(cc1OC)[C@H](COc1ccccc1OC)N(C(=O)c1cccc(Cl)c1)CC2. The van der Waals surface area contributed by atoms with E-state index < -0.39 is 0 Å². The summed E-state index contributed by atoms with van der Waals surface area (Å²) in [6, 6.07) is 18.0. The maximum absolute atomic E-state index is 13.5. The van der Waals surface area contributed by atoms with Gasteiger partial charge in [-0.25, -0.2) is 0 Å². The van der Waals surface area contributed by atoms with E-state index in [1.165, 1.54) is 0 Å². The number of ether oxygens (including phenoxy) is 4. The summed E-state index contributed by atoms with van der Waals surface area (Å²) in [6.45, 7) is 0.781. The number of methoxy groups -OCH3 is 3. The van der Waals surface area contributed by atoms with Gasteiger partial charge in [0.25, 0.3) is 5.91 Å². The van der Waals surface area contributed by atoms with Gasteiger partial charge in [0, 0.05) is 17.1 Å². The van der Waals surface area contributed by atoms with Crippen molar-refractivity contribution in [3.8, 4) is 23.0 Å². The molecule has 4 rings (SSSR count). The lowest BCUT2D eigenvalue weighted by Crippen LogP contribution is -2.42. The molecule has 172 valence electrons. The van der Waals surface area contributed by atoms with Gasteiger partial charge in [-0.2, -0.15) is 0 Å². The topological polar surface area (TPSA) is 57.2 Å². The maximum atomic E-state index is 13.5. The maximum Gasteiger partial charge on any atom is 0.254 e. The Labute approximate surface area is 198 Å². The zero-order valence-electron chi connectivity index (χ0n) is 18.8. The third kappa shape index (κ3) is 4.71. The number of benzene rings is 3. The molecule has 0 bridgehead atoms. The Bertz CT molecular complexity index is 1150. The van der Waals surface area contributed by atoms with Crippen LogP contribution in [0, 0.1) is 0 Å². The van der Waals surface area contributed by atoms with E-state index in [1.807, 2.05) is 41.3 Å². The second-order valence-electron chi connectivity index (χ2n) is 7.64. The number of fused-ring (bicyclic) bond motifs is 1. The number of para-hydroxylation sites is 2. The van der Waals surface area contributed by atoms with Crippen molar-refractivity contribution in [2.45, 2.75) is 12.5 Å². The molecular weight excluding hydrogens is 442 g/mol. The van der Waals surface area contributed by atoms with Gasteiger partial charge in [0.2, 0.25) is 0 Å². The van der Waals surface area contributed by atoms with E-state index in [-0.39, 0.29) is 18.6 Å². The number of nitrogens with zero attached hydrogens (tertiary/aromatic N) is 1. The fraction of sp³-hybridized carbons (Fsp3) is 0.269. The molecule has 6 nitrogen and oxygen atoms in total. The lowest BCUT2D eigenvalue weighted by molar-refractivity contribution is 0.0587. The summed E-state index contributed by atoms with van der Waals surface area (Å²) >= 11 is 6.15. The normalized spacial score (nSPS) is 14.9. The zero-order chi connectivity index (χ0) is 23.4. The van der Waals surface area contributed by atoms with E-state index in [4.69, 9.17) is 30.5 Å². The van der Waals surface area contributed by atoms with Crippen molar-refractivity contribution in [2.75, 3.05) is 34.5 Å². The summed E-state index contributed by atoms with van der Waals surface area (Å²) in [6.07, 6.45) is 0.688. The largest absolute Gasteiger partial charge is 0.493 e. The van der Waals surface area contributed by atoms with Crippen LogP contribution in [0.15, 0.2) is 60.7 Å². The minimum atomic E-state index is -0.343. The molecular formula is C26H26ClNO5. The van der Waals surface area contributed by atoms with Gasteiger partial charge in [0.05, 0.1) is 27.4 Å². The second kappa shape index (κ2) is 10.0. The fourth-order valence-corrected chi connectivity index (χ4v) is 4.34. The Morgan fingerprint density at radius 3 is 2.30 bits per heavy atom. The lowest BCUT2D eigenvalue weighted by atomic mass is 9.91. The first-order chi connectivity index (χ1) is 16.0. The monoisotopic (exact) mass is 467 g/mol. The molecule has 1 aliphatic heterocycles. The van der Waals surface area contributed by atoms with Crippen LogP contribution < -0.4 is 18.9 Å². The summed E-state index contributed by atoms with van der Waals surface area (Å²) < 4.78 is 22.6. The summed E-state index contributed by atoms with van der Waals surface area (Å²) in [7, 11) is 4.82. The van der Waals surface area contributed by atoms with Gasteiger partial charge < -0.3 is 23.8 Å². The molecule has 33 heavy (non-hydrogen) atoms. The molecule has 0 fully saturated rings. The molecule has 1 amide bonds. The minimum absolute atomic E-state index is 0.105. The van der Waals surface area contributed by atoms with Crippen molar-refractivity contribution in [3.63, 3.8) is 0 Å². The van der Waals surface area contributed by atoms with Crippen LogP contribution in [0.25, 0.3) is 0 Å². The van der Waals surface area contributed by atoms with E-state index in [2.05, 4.69) is 0 Å². The van der Waals surface area contributed by atoms with Gasteiger partial charge >= 0.3 is 0 Å². The van der Waals surface area contributed by atoms with Crippen molar-refractivity contribution in [1.82, 2.24) is 4.90 Å². The van der Waals surface area contributed by atoms with E-state index in [1.54, 1.807) is 45.6 Å². The standard InChI is InChI=1S/C26H26ClNO5/c1-30-22-9-4-5-10-23(22)33-16-21-20-15-25(32-3)24(31-2)14-17(20)11-12-28(21)26(29)18-7-6-8-19(27)13-18/h4-10,13-15,21H,11-12,16H2,1-3H3/t21-/m0/s1. The number of hydrogen-bond acceptors (Lipinski definition) is 5. The highest BCUT2D eigenvalue weighted by molar-refractivity contribution is 6.30. The Hall–Kier alpha value is -3.38. The van der Waals surface area contributed by atoms with Crippen LogP contribution in [0.1, 0.15) is 27.5 Å². The van der Waals surface area contributed by atoms with Crippen LogP contribution in [0.3, 0.4) is 0 Å². The van der Waals surface area contributed by atoms with Crippen LogP contribution in [-0.2, 0) is 6.42 Å². The first-order valence-corrected chi connectivity index (χ1v) is 11.0. The van der Waals surface area contributed by atoms with Gasteiger partial charge in [0.1, 0.15) is 6.61 Å². The van der Waals surface area contributed by atoms with Crippen LogP contribution in [0.2, 0.25) is 5.02 Å². The van der Waals surface area contributed by atoms with Crippen LogP contribution in [-0.4, -0.2) is 45.3 Å². The first kappa shape index (κ1) is 22.8. The molecule has 1 atom stereocenters. The van der Waals surface area contributed by atoms with E-state index >= 15 is 0 Å². The van der Waals surface area contributed by atoms with Gasteiger partial charge in [-0.3, -0.25) is 4.79 Å². The van der Waals surface area contributed by atoms with Gasteiger partial charge in [-0.05, 0) is 60.0 Å². The quantitative estimate of drug-likeness (QED) is 0.479. The smallest absolute Gasteiger partial charge is 0.254 e. The molecule has 0 aromatic heterocycles. The molecule has 0 aliphatic carbocycles. The zero-order valence-corrected chi connectivity index (χ0v) is 19.6. The first-order valence-electron chi connectivity index (χ1n) is 10.6. The molecule has 0 saturated heterocycles. The molecule has 1 heterocycles. The highest BCUT2D eigenvalue weighted by Crippen LogP contribution is 2.39. The predicted molar refractivity (Wildman–Crippen MR) is 127 cm³/mol. The number of carbonyl (C=O) groups excluding carboxylic acids is 1. The molecule has 3 aromatic carbocycles. The van der Waals surface area contributed by atoms with Gasteiger partial charge in [-0.1, -0.05) is 29.8 Å². The summed E-state index contributed by atoms with van der Waals surface area (Å²) in [5.74, 6) is 2.41. The summed E-state index contributed by atoms with van der Waals surface area (Å²) in [5.41, 5.74) is 2.59. The van der Waals surface area contributed by atoms with E-state index in [0.29, 0.717) is 46.5 Å². The van der Waals surface area contributed by atoms with Crippen LogP contribution in [0.4, 0.5) is 0 Å². The molecule has 1 aliphatic rings. The second-order valence-corrected chi connectivity index (χ2v) is 8.08.